The number of benzene rings is 1. The van der Waals surface area contributed by atoms with Crippen LogP contribution >= 0.6 is 0 Å². The van der Waals surface area contributed by atoms with Gasteiger partial charge < -0.3 is 15.6 Å². The molecule has 5 heteroatoms. The number of primary amides is 1. The van der Waals surface area contributed by atoms with E-state index >= 15 is 0 Å². The standard InChI is InChI=1S/C14H18N4O/c1-3-18-9-16-8-12(18)13(14(15)19)17-11-7-5-4-6-10(11)2/h4-9,13,17H,3H2,1-2H3,(H2,15,19). The first-order valence-electron chi connectivity index (χ1n) is 6.25. The lowest BCUT2D eigenvalue weighted by atomic mass is 10.1. The Bertz CT molecular complexity index is 576. The van der Waals surface area contributed by atoms with Gasteiger partial charge in [-0.1, -0.05) is 18.2 Å². The second-order valence-corrected chi connectivity index (χ2v) is 4.40. The molecule has 1 aromatic carbocycles. The first-order chi connectivity index (χ1) is 9.13. The fraction of sp³-hybridized carbons (Fsp3) is 0.286. The van der Waals surface area contributed by atoms with Gasteiger partial charge in [-0.3, -0.25) is 4.79 Å². The molecule has 3 N–H and O–H groups in total. The lowest BCUT2D eigenvalue weighted by Crippen LogP contribution is -2.29. The van der Waals surface area contributed by atoms with E-state index in [0.29, 0.717) is 0 Å². The second-order valence-electron chi connectivity index (χ2n) is 4.40. The first-order valence-corrected chi connectivity index (χ1v) is 6.25. The van der Waals surface area contributed by atoms with E-state index in [9.17, 15) is 4.79 Å². The number of hydrogen-bond donors (Lipinski definition) is 2. The Morgan fingerprint density at radius 3 is 2.84 bits per heavy atom. The zero-order valence-corrected chi connectivity index (χ0v) is 11.1. The summed E-state index contributed by atoms with van der Waals surface area (Å²) in [5, 5.41) is 3.19. The van der Waals surface area contributed by atoms with Crippen LogP contribution in [0.15, 0.2) is 36.8 Å². The number of anilines is 1. The van der Waals surface area contributed by atoms with Crippen LogP contribution in [0.3, 0.4) is 0 Å². The van der Waals surface area contributed by atoms with Gasteiger partial charge in [-0.2, -0.15) is 0 Å². The number of carbonyl (C=O) groups excluding carboxylic acids is 1. The molecule has 1 atom stereocenters. The number of hydrogen-bond acceptors (Lipinski definition) is 3. The molecule has 0 saturated carbocycles. The number of aryl methyl sites for hydroxylation is 2. The molecule has 19 heavy (non-hydrogen) atoms. The summed E-state index contributed by atoms with van der Waals surface area (Å²) in [6, 6.07) is 7.21. The molecule has 2 aromatic rings. The maximum Gasteiger partial charge on any atom is 0.246 e. The SMILES string of the molecule is CCn1cncc1C(Nc1ccccc1C)C(N)=O. The number of nitrogens with one attached hydrogen (secondary N) is 1. The molecule has 0 saturated heterocycles. The van der Waals surface area contributed by atoms with Gasteiger partial charge in [0.2, 0.25) is 5.91 Å². The van der Waals surface area contributed by atoms with Crippen LogP contribution in [-0.4, -0.2) is 15.5 Å². The Labute approximate surface area is 112 Å². The third-order valence-electron chi connectivity index (χ3n) is 3.11. The molecule has 0 spiro atoms. The Hall–Kier alpha value is -2.30. The molecular formula is C14H18N4O. The average molecular weight is 258 g/mol. The van der Waals surface area contributed by atoms with Gasteiger partial charge in [0.1, 0.15) is 6.04 Å². The van der Waals surface area contributed by atoms with E-state index in [-0.39, 0.29) is 0 Å². The van der Waals surface area contributed by atoms with Crippen LogP contribution in [0.25, 0.3) is 0 Å². The predicted molar refractivity (Wildman–Crippen MR) is 74.6 cm³/mol. The van der Waals surface area contributed by atoms with Gasteiger partial charge in [0.15, 0.2) is 0 Å². The monoisotopic (exact) mass is 258 g/mol. The third-order valence-corrected chi connectivity index (χ3v) is 3.11. The van der Waals surface area contributed by atoms with Gasteiger partial charge in [0, 0.05) is 12.2 Å². The predicted octanol–water partition coefficient (Wildman–Crippen LogP) is 1.85. The topological polar surface area (TPSA) is 72.9 Å². The van der Waals surface area contributed by atoms with E-state index in [1.807, 2.05) is 42.7 Å². The van der Waals surface area contributed by atoms with Crippen LogP contribution in [0.2, 0.25) is 0 Å². The summed E-state index contributed by atoms with van der Waals surface area (Å²) in [5.41, 5.74) is 8.25. The van der Waals surface area contributed by atoms with E-state index in [1.54, 1.807) is 12.5 Å². The van der Waals surface area contributed by atoms with Crippen molar-refractivity contribution in [2.75, 3.05) is 5.32 Å². The van der Waals surface area contributed by atoms with Gasteiger partial charge in [0.25, 0.3) is 0 Å². The normalized spacial score (nSPS) is 12.1. The van der Waals surface area contributed by atoms with Gasteiger partial charge in [-0.05, 0) is 25.5 Å². The van der Waals surface area contributed by atoms with Gasteiger partial charge in [-0.25, -0.2) is 4.98 Å². The van der Waals surface area contributed by atoms with Crippen LogP contribution in [0.4, 0.5) is 5.69 Å². The van der Waals surface area contributed by atoms with Crippen molar-refractivity contribution in [3.63, 3.8) is 0 Å². The summed E-state index contributed by atoms with van der Waals surface area (Å²) in [7, 11) is 0. The zero-order valence-electron chi connectivity index (χ0n) is 11.1. The number of amides is 1. The summed E-state index contributed by atoms with van der Waals surface area (Å²) in [6.07, 6.45) is 3.37. The average Bonchev–Trinajstić information content (AvgIpc) is 2.85. The van der Waals surface area contributed by atoms with Crippen molar-refractivity contribution in [1.82, 2.24) is 9.55 Å². The summed E-state index contributed by atoms with van der Waals surface area (Å²) >= 11 is 0. The van der Waals surface area contributed by atoms with Crippen LogP contribution in [0.5, 0.6) is 0 Å². The highest BCUT2D eigenvalue weighted by molar-refractivity contribution is 5.84. The highest BCUT2D eigenvalue weighted by Crippen LogP contribution is 2.22. The maximum absolute atomic E-state index is 11.7. The van der Waals surface area contributed by atoms with Crippen molar-refractivity contribution in [2.24, 2.45) is 5.73 Å². The second kappa shape index (κ2) is 5.56. The Morgan fingerprint density at radius 1 is 1.47 bits per heavy atom. The van der Waals surface area contributed by atoms with E-state index in [4.69, 9.17) is 5.73 Å². The van der Waals surface area contributed by atoms with E-state index < -0.39 is 11.9 Å². The number of aromatic nitrogens is 2. The molecule has 0 fully saturated rings. The molecule has 1 heterocycles. The minimum atomic E-state index is -0.580. The van der Waals surface area contributed by atoms with Crippen molar-refractivity contribution >= 4 is 11.6 Å². The van der Waals surface area contributed by atoms with Gasteiger partial charge >= 0.3 is 0 Å². The van der Waals surface area contributed by atoms with E-state index in [2.05, 4.69) is 10.3 Å². The molecule has 0 aliphatic rings. The third kappa shape index (κ3) is 2.76. The zero-order chi connectivity index (χ0) is 13.8. The molecule has 1 aromatic heterocycles. The lowest BCUT2D eigenvalue weighted by Gasteiger charge is -2.19. The molecule has 1 unspecified atom stereocenters. The highest BCUT2D eigenvalue weighted by atomic mass is 16.1. The summed E-state index contributed by atoms with van der Waals surface area (Å²) < 4.78 is 1.90. The van der Waals surface area contributed by atoms with Crippen LogP contribution in [0, 0.1) is 6.92 Å². The molecule has 2 rings (SSSR count). The van der Waals surface area contributed by atoms with Crippen LogP contribution in [-0.2, 0) is 11.3 Å². The highest BCUT2D eigenvalue weighted by Gasteiger charge is 2.21. The van der Waals surface area contributed by atoms with E-state index in [1.165, 1.54) is 0 Å². The smallest absolute Gasteiger partial charge is 0.246 e. The number of nitrogens with two attached hydrogens (primary N) is 1. The van der Waals surface area contributed by atoms with Crippen molar-refractivity contribution < 1.29 is 4.79 Å². The number of rotatable bonds is 5. The Balaban J connectivity index is 2.32. The first kappa shape index (κ1) is 13.1. The van der Waals surface area contributed by atoms with Crippen molar-refractivity contribution in [3.05, 3.63) is 48.0 Å². The largest absolute Gasteiger partial charge is 0.369 e. The van der Waals surface area contributed by atoms with Crippen molar-refractivity contribution in [2.45, 2.75) is 26.4 Å². The van der Waals surface area contributed by atoms with Gasteiger partial charge in [0.05, 0.1) is 18.2 Å². The summed E-state index contributed by atoms with van der Waals surface area (Å²) in [4.78, 5) is 15.8. The van der Waals surface area contributed by atoms with Gasteiger partial charge in [-0.15, -0.1) is 0 Å². The van der Waals surface area contributed by atoms with Crippen LogP contribution in [0.1, 0.15) is 24.2 Å². The number of nitrogens with zero attached hydrogens (tertiary/aromatic N) is 2. The van der Waals surface area contributed by atoms with E-state index in [0.717, 1.165) is 23.5 Å². The number of imidazole rings is 1. The minimum Gasteiger partial charge on any atom is -0.369 e. The summed E-state index contributed by atoms with van der Waals surface area (Å²) in [5.74, 6) is -0.418. The molecule has 5 nitrogen and oxygen atoms in total. The van der Waals surface area contributed by atoms with Crippen molar-refractivity contribution in [1.29, 1.82) is 0 Å². The number of carbonyl (C=O) groups is 1. The molecule has 100 valence electrons. The molecule has 0 radical (unpaired) electrons. The Morgan fingerprint density at radius 2 is 2.21 bits per heavy atom. The summed E-state index contributed by atoms with van der Waals surface area (Å²) in [6.45, 7) is 4.73. The molecule has 0 aliphatic carbocycles. The van der Waals surface area contributed by atoms with Crippen molar-refractivity contribution in [3.8, 4) is 0 Å². The quantitative estimate of drug-likeness (QED) is 0.859. The fourth-order valence-corrected chi connectivity index (χ4v) is 2.02. The molecule has 0 bridgehead atoms. The fourth-order valence-electron chi connectivity index (χ4n) is 2.02. The van der Waals surface area contributed by atoms with Crippen LogP contribution < -0.4 is 11.1 Å². The lowest BCUT2D eigenvalue weighted by molar-refractivity contribution is -0.119. The minimum absolute atomic E-state index is 0.418. The maximum atomic E-state index is 11.7. The molecule has 1 amide bonds. The number of para-hydroxylation sites is 1. The Kier molecular flexibility index (Phi) is 3.85. The molecular weight excluding hydrogens is 240 g/mol. The molecule has 0 aliphatic heterocycles.